The smallest absolute Gasteiger partial charge is 0.249 e. The Labute approximate surface area is 105 Å². The van der Waals surface area contributed by atoms with Crippen LogP contribution in [0.15, 0.2) is 12.1 Å². The van der Waals surface area contributed by atoms with Gasteiger partial charge in [-0.15, -0.1) is 10.2 Å². The molecule has 2 rings (SSSR count). The summed E-state index contributed by atoms with van der Waals surface area (Å²) in [6.07, 6.45) is 0. The summed E-state index contributed by atoms with van der Waals surface area (Å²) in [4.78, 5) is 11.2. The Bertz CT molecular complexity index is 610. The molecule has 0 unspecified atom stereocenters. The van der Waals surface area contributed by atoms with Crippen molar-refractivity contribution in [2.75, 3.05) is 7.11 Å². The number of primary amides is 1. The molecule has 2 aromatic heterocycles. The summed E-state index contributed by atoms with van der Waals surface area (Å²) in [5.41, 5.74) is 5.99. The average Bonchev–Trinajstić information content (AvgIpc) is 2.70. The van der Waals surface area contributed by atoms with E-state index in [0.717, 1.165) is 5.82 Å². The number of carbonyl (C=O) groups is 1. The maximum atomic E-state index is 11.2. The minimum atomic E-state index is -0.517. The molecular weight excluding hydrogens is 232 g/mol. The van der Waals surface area contributed by atoms with E-state index in [1.54, 1.807) is 16.5 Å². The van der Waals surface area contributed by atoms with Crippen molar-refractivity contribution in [3.05, 3.63) is 23.5 Å². The number of amides is 1. The normalized spacial score (nSPS) is 11.8. The van der Waals surface area contributed by atoms with Crippen LogP contribution in [0.2, 0.25) is 0 Å². The summed E-state index contributed by atoms with van der Waals surface area (Å²) in [5.74, 6) is 0.748. The van der Waals surface area contributed by atoms with Gasteiger partial charge in [0.05, 0.1) is 7.11 Å². The van der Waals surface area contributed by atoms with E-state index in [4.69, 9.17) is 10.5 Å². The van der Waals surface area contributed by atoms with Crippen LogP contribution < -0.4 is 10.5 Å². The highest BCUT2D eigenvalue weighted by Gasteiger charge is 2.23. The Morgan fingerprint density at radius 1 is 1.33 bits per heavy atom. The van der Waals surface area contributed by atoms with Crippen LogP contribution in [0.5, 0.6) is 5.88 Å². The van der Waals surface area contributed by atoms with Crippen LogP contribution in [0.3, 0.4) is 0 Å². The number of hydrogen-bond acceptors (Lipinski definition) is 4. The molecule has 2 aromatic rings. The Hall–Kier alpha value is -2.11. The molecule has 2 heterocycles. The number of hydrogen-bond donors (Lipinski definition) is 1. The number of rotatable bonds is 2. The lowest BCUT2D eigenvalue weighted by atomic mass is 9.96. The molecule has 18 heavy (non-hydrogen) atoms. The van der Waals surface area contributed by atoms with Crippen molar-refractivity contribution >= 4 is 11.6 Å². The standard InChI is InChI=1S/C12H16N4O2/c1-12(2,3)11-15-14-8-5-7(10(13)17)6-9(18-4)16(8)11/h5-6H,1-4H3,(H2,13,17). The fraction of sp³-hybridized carbons (Fsp3) is 0.417. The van der Waals surface area contributed by atoms with Crippen LogP contribution in [-0.2, 0) is 5.41 Å². The van der Waals surface area contributed by atoms with Gasteiger partial charge in [-0.1, -0.05) is 20.8 Å². The summed E-state index contributed by atoms with van der Waals surface area (Å²) in [7, 11) is 1.53. The van der Waals surface area contributed by atoms with E-state index in [-0.39, 0.29) is 5.41 Å². The Morgan fingerprint density at radius 2 is 2.00 bits per heavy atom. The highest BCUT2D eigenvalue weighted by Crippen LogP contribution is 2.26. The van der Waals surface area contributed by atoms with Gasteiger partial charge >= 0.3 is 0 Å². The maximum Gasteiger partial charge on any atom is 0.249 e. The van der Waals surface area contributed by atoms with E-state index in [0.29, 0.717) is 17.1 Å². The molecule has 6 heteroatoms. The third-order valence-electron chi connectivity index (χ3n) is 2.64. The molecular formula is C12H16N4O2. The van der Waals surface area contributed by atoms with Gasteiger partial charge in [0.2, 0.25) is 11.8 Å². The topological polar surface area (TPSA) is 82.5 Å². The molecule has 0 aliphatic rings. The molecule has 0 spiro atoms. The fourth-order valence-corrected chi connectivity index (χ4v) is 1.76. The second kappa shape index (κ2) is 3.97. The van der Waals surface area contributed by atoms with E-state index in [2.05, 4.69) is 10.2 Å². The number of fused-ring (bicyclic) bond motifs is 1. The number of nitrogens with zero attached hydrogens (tertiary/aromatic N) is 3. The first kappa shape index (κ1) is 12.3. The number of carbonyl (C=O) groups excluding carboxylic acids is 1. The minimum Gasteiger partial charge on any atom is -0.482 e. The second-order valence-electron chi connectivity index (χ2n) is 5.12. The van der Waals surface area contributed by atoms with Crippen molar-refractivity contribution in [1.82, 2.24) is 14.6 Å². The van der Waals surface area contributed by atoms with Crippen LogP contribution in [0, 0.1) is 0 Å². The lowest BCUT2D eigenvalue weighted by Gasteiger charge is -2.17. The van der Waals surface area contributed by atoms with E-state index in [9.17, 15) is 4.79 Å². The monoisotopic (exact) mass is 248 g/mol. The van der Waals surface area contributed by atoms with Crippen LogP contribution in [0.4, 0.5) is 0 Å². The average molecular weight is 248 g/mol. The molecule has 2 N–H and O–H groups in total. The molecule has 0 fully saturated rings. The van der Waals surface area contributed by atoms with Crippen molar-refractivity contribution < 1.29 is 9.53 Å². The van der Waals surface area contributed by atoms with E-state index >= 15 is 0 Å². The van der Waals surface area contributed by atoms with Gasteiger partial charge in [0, 0.05) is 17.0 Å². The molecule has 0 saturated carbocycles. The zero-order valence-corrected chi connectivity index (χ0v) is 10.9. The maximum absolute atomic E-state index is 11.2. The van der Waals surface area contributed by atoms with Gasteiger partial charge in [0.15, 0.2) is 5.65 Å². The van der Waals surface area contributed by atoms with Crippen LogP contribution >= 0.6 is 0 Å². The number of aromatic nitrogens is 3. The Kier molecular flexibility index (Phi) is 2.73. The fourth-order valence-electron chi connectivity index (χ4n) is 1.76. The summed E-state index contributed by atoms with van der Waals surface area (Å²) in [6.45, 7) is 6.10. The number of nitrogens with two attached hydrogens (primary N) is 1. The molecule has 96 valence electrons. The Morgan fingerprint density at radius 3 is 2.50 bits per heavy atom. The van der Waals surface area contributed by atoms with Gasteiger partial charge in [-0.2, -0.15) is 0 Å². The predicted molar refractivity (Wildman–Crippen MR) is 66.8 cm³/mol. The van der Waals surface area contributed by atoms with Gasteiger partial charge in [0.25, 0.3) is 0 Å². The van der Waals surface area contributed by atoms with Gasteiger partial charge in [-0.25, -0.2) is 4.40 Å². The van der Waals surface area contributed by atoms with Crippen molar-refractivity contribution in [1.29, 1.82) is 0 Å². The molecule has 0 bridgehead atoms. The van der Waals surface area contributed by atoms with Crippen molar-refractivity contribution in [3.8, 4) is 5.88 Å². The van der Waals surface area contributed by atoms with E-state index in [1.165, 1.54) is 7.11 Å². The summed E-state index contributed by atoms with van der Waals surface area (Å²) in [5, 5.41) is 8.22. The molecule has 0 radical (unpaired) electrons. The van der Waals surface area contributed by atoms with Crippen molar-refractivity contribution in [2.24, 2.45) is 5.73 Å². The van der Waals surface area contributed by atoms with E-state index < -0.39 is 5.91 Å². The van der Waals surface area contributed by atoms with Crippen molar-refractivity contribution in [3.63, 3.8) is 0 Å². The Balaban J connectivity index is 2.78. The van der Waals surface area contributed by atoms with E-state index in [1.807, 2.05) is 20.8 Å². The largest absolute Gasteiger partial charge is 0.482 e. The highest BCUT2D eigenvalue weighted by molar-refractivity contribution is 5.94. The third kappa shape index (κ3) is 1.90. The molecule has 0 aromatic carbocycles. The quantitative estimate of drug-likeness (QED) is 0.863. The molecule has 6 nitrogen and oxygen atoms in total. The first-order valence-electron chi connectivity index (χ1n) is 5.58. The summed E-state index contributed by atoms with van der Waals surface area (Å²) >= 11 is 0. The minimum absolute atomic E-state index is 0.180. The zero-order chi connectivity index (χ0) is 13.5. The first-order chi connectivity index (χ1) is 8.34. The highest BCUT2D eigenvalue weighted by atomic mass is 16.5. The van der Waals surface area contributed by atoms with Crippen LogP contribution in [-0.4, -0.2) is 27.6 Å². The van der Waals surface area contributed by atoms with Gasteiger partial charge in [0.1, 0.15) is 5.82 Å². The molecule has 0 atom stereocenters. The zero-order valence-electron chi connectivity index (χ0n) is 10.9. The predicted octanol–water partition coefficient (Wildman–Crippen LogP) is 1.13. The van der Waals surface area contributed by atoms with Crippen molar-refractivity contribution in [2.45, 2.75) is 26.2 Å². The van der Waals surface area contributed by atoms with Gasteiger partial charge in [-0.05, 0) is 6.07 Å². The third-order valence-corrected chi connectivity index (χ3v) is 2.64. The number of ether oxygens (including phenoxy) is 1. The number of pyridine rings is 1. The van der Waals surface area contributed by atoms with Gasteiger partial charge in [-0.3, -0.25) is 4.79 Å². The molecule has 0 aliphatic heterocycles. The number of methoxy groups -OCH3 is 1. The second-order valence-corrected chi connectivity index (χ2v) is 5.12. The van der Waals surface area contributed by atoms with Gasteiger partial charge < -0.3 is 10.5 Å². The summed E-state index contributed by atoms with van der Waals surface area (Å²) < 4.78 is 7.07. The van der Waals surface area contributed by atoms with Crippen LogP contribution in [0.25, 0.3) is 5.65 Å². The molecule has 1 amide bonds. The lowest BCUT2D eigenvalue weighted by molar-refractivity contribution is 0.1000. The SMILES string of the molecule is COc1cc(C(N)=O)cc2nnc(C(C)(C)C)n12. The molecule has 0 saturated heterocycles. The molecule has 0 aliphatic carbocycles. The van der Waals surface area contributed by atoms with Crippen LogP contribution in [0.1, 0.15) is 37.0 Å². The first-order valence-corrected chi connectivity index (χ1v) is 5.58. The lowest BCUT2D eigenvalue weighted by Crippen LogP contribution is -2.17. The summed E-state index contributed by atoms with van der Waals surface area (Å²) in [6, 6.07) is 3.20.